The first-order chi connectivity index (χ1) is 15.2. The number of pyridine rings is 1. The summed E-state index contributed by atoms with van der Waals surface area (Å²) < 4.78 is 15.2. The Kier molecular flexibility index (Phi) is 7.28. The number of halogens is 1. The number of benzene rings is 1. The number of aromatic nitrogens is 3. The molecule has 3 aromatic rings. The van der Waals surface area contributed by atoms with Crippen molar-refractivity contribution < 1.29 is 14.3 Å². The molecule has 1 amide bonds. The Hall–Kier alpha value is -3.22. The highest BCUT2D eigenvalue weighted by Crippen LogP contribution is 2.28. The van der Waals surface area contributed by atoms with Gasteiger partial charge in [0, 0.05) is 37.0 Å². The van der Waals surface area contributed by atoms with Crippen molar-refractivity contribution >= 4 is 6.09 Å². The molecule has 0 aliphatic carbocycles. The molecule has 6 nitrogen and oxygen atoms in total. The number of nitrogens with zero attached hydrogens (tertiary/aromatic N) is 3. The highest BCUT2D eigenvalue weighted by molar-refractivity contribution is 5.64. The average molecular weight is 439 g/mol. The summed E-state index contributed by atoms with van der Waals surface area (Å²) in [6.07, 6.45) is 4.67. The summed E-state index contributed by atoms with van der Waals surface area (Å²) in [6, 6.07) is 10.9. The standard InChI is InChI=1S/C25H31FN4O2/c1-5-25(2,3)13-21-16-28-23(30(21)4)19(14-29-24(31)32)12-17-6-8-18(9-7-17)22-11-10-20(26)15-27-22/h6-11,15-16,19,29H,5,12-14H2,1-4H3,(H,31,32). The molecule has 0 bridgehead atoms. The van der Waals surface area contributed by atoms with Gasteiger partial charge in [-0.25, -0.2) is 14.2 Å². The third-order valence-corrected chi connectivity index (χ3v) is 6.06. The molecule has 7 heteroatoms. The number of carbonyl (C=O) groups is 1. The molecule has 170 valence electrons. The second kappa shape index (κ2) is 9.94. The minimum absolute atomic E-state index is 0.107. The Bertz CT molecular complexity index is 1040. The molecule has 0 aliphatic rings. The minimum atomic E-state index is -1.05. The van der Waals surface area contributed by atoms with E-state index in [1.54, 1.807) is 6.07 Å². The van der Waals surface area contributed by atoms with E-state index in [1.165, 1.54) is 12.3 Å². The summed E-state index contributed by atoms with van der Waals surface area (Å²) in [5.41, 5.74) is 3.98. The van der Waals surface area contributed by atoms with Crippen LogP contribution in [0.4, 0.5) is 9.18 Å². The fraction of sp³-hybridized carbons (Fsp3) is 0.400. The zero-order valence-corrected chi connectivity index (χ0v) is 19.1. The third-order valence-electron chi connectivity index (χ3n) is 6.06. The van der Waals surface area contributed by atoms with Gasteiger partial charge in [0.2, 0.25) is 0 Å². The number of nitrogens with one attached hydrogen (secondary N) is 1. The van der Waals surface area contributed by atoms with Crippen molar-refractivity contribution in [3.63, 3.8) is 0 Å². The van der Waals surface area contributed by atoms with Crippen molar-refractivity contribution in [3.05, 3.63) is 71.7 Å². The van der Waals surface area contributed by atoms with E-state index in [4.69, 9.17) is 5.11 Å². The van der Waals surface area contributed by atoms with E-state index < -0.39 is 6.09 Å². The van der Waals surface area contributed by atoms with Crippen LogP contribution in [-0.2, 0) is 19.9 Å². The molecule has 1 unspecified atom stereocenters. The molecular formula is C25H31FN4O2. The topological polar surface area (TPSA) is 80.0 Å². The van der Waals surface area contributed by atoms with Crippen molar-refractivity contribution in [1.82, 2.24) is 19.9 Å². The van der Waals surface area contributed by atoms with Crippen molar-refractivity contribution in [2.75, 3.05) is 6.54 Å². The predicted molar refractivity (Wildman–Crippen MR) is 123 cm³/mol. The molecule has 0 saturated heterocycles. The van der Waals surface area contributed by atoms with Crippen molar-refractivity contribution in [3.8, 4) is 11.3 Å². The van der Waals surface area contributed by atoms with Crippen LogP contribution < -0.4 is 5.32 Å². The molecular weight excluding hydrogens is 407 g/mol. The normalized spacial score (nSPS) is 12.5. The monoisotopic (exact) mass is 438 g/mol. The van der Waals surface area contributed by atoms with Gasteiger partial charge >= 0.3 is 6.09 Å². The largest absolute Gasteiger partial charge is 0.465 e. The van der Waals surface area contributed by atoms with Gasteiger partial charge in [-0.2, -0.15) is 0 Å². The molecule has 0 fully saturated rings. The Morgan fingerprint density at radius 3 is 2.47 bits per heavy atom. The summed E-state index contributed by atoms with van der Waals surface area (Å²) in [6.45, 7) is 6.93. The van der Waals surface area contributed by atoms with Crippen molar-refractivity contribution in [2.24, 2.45) is 12.5 Å². The molecule has 0 spiro atoms. The van der Waals surface area contributed by atoms with Crippen LogP contribution in [0.25, 0.3) is 11.3 Å². The van der Waals surface area contributed by atoms with Gasteiger partial charge in [0.25, 0.3) is 0 Å². The number of imidazole rings is 1. The van der Waals surface area contributed by atoms with Crippen LogP contribution in [0.3, 0.4) is 0 Å². The lowest BCUT2D eigenvalue weighted by Crippen LogP contribution is -2.29. The molecule has 3 rings (SSSR count). The zero-order valence-electron chi connectivity index (χ0n) is 19.1. The van der Waals surface area contributed by atoms with Crippen LogP contribution in [0.15, 0.2) is 48.8 Å². The molecule has 0 radical (unpaired) electrons. The maximum atomic E-state index is 13.1. The maximum absolute atomic E-state index is 13.1. The number of rotatable bonds is 9. The molecule has 32 heavy (non-hydrogen) atoms. The fourth-order valence-electron chi connectivity index (χ4n) is 3.73. The number of hydrogen-bond acceptors (Lipinski definition) is 3. The van der Waals surface area contributed by atoms with E-state index in [9.17, 15) is 9.18 Å². The SMILES string of the molecule is CCC(C)(C)Cc1cnc(C(CNC(=O)O)Cc2ccc(-c3ccc(F)cn3)cc2)n1C. The molecule has 1 atom stereocenters. The zero-order chi connectivity index (χ0) is 23.3. The van der Waals surface area contributed by atoms with E-state index in [2.05, 4.69) is 40.6 Å². The summed E-state index contributed by atoms with van der Waals surface area (Å²) in [5.74, 6) is 0.394. The molecule has 0 saturated carbocycles. The molecule has 2 N–H and O–H groups in total. The summed E-state index contributed by atoms with van der Waals surface area (Å²) >= 11 is 0. The average Bonchev–Trinajstić information content (AvgIpc) is 3.11. The van der Waals surface area contributed by atoms with Gasteiger partial charge in [-0.15, -0.1) is 0 Å². The fourth-order valence-corrected chi connectivity index (χ4v) is 3.73. The van der Waals surface area contributed by atoms with Gasteiger partial charge in [0.15, 0.2) is 0 Å². The van der Waals surface area contributed by atoms with E-state index in [1.807, 2.05) is 37.5 Å². The highest BCUT2D eigenvalue weighted by Gasteiger charge is 2.23. The number of carboxylic acid groups (broad SMARTS) is 1. The van der Waals surface area contributed by atoms with Crippen LogP contribution in [0.5, 0.6) is 0 Å². The predicted octanol–water partition coefficient (Wildman–Crippen LogP) is 5.19. The first kappa shape index (κ1) is 23.4. The van der Waals surface area contributed by atoms with Gasteiger partial charge in [0.1, 0.15) is 11.6 Å². The lowest BCUT2D eigenvalue weighted by molar-refractivity contribution is 0.193. The smallest absolute Gasteiger partial charge is 0.404 e. The Morgan fingerprint density at radius 2 is 1.88 bits per heavy atom. The van der Waals surface area contributed by atoms with Crippen LogP contribution in [0.1, 0.15) is 50.2 Å². The van der Waals surface area contributed by atoms with E-state index in [0.717, 1.165) is 35.5 Å². The van der Waals surface area contributed by atoms with E-state index in [0.29, 0.717) is 12.1 Å². The van der Waals surface area contributed by atoms with E-state index in [-0.39, 0.29) is 23.7 Å². The number of amides is 1. The molecule has 2 aromatic heterocycles. The van der Waals surface area contributed by atoms with Crippen LogP contribution in [-0.4, -0.2) is 32.3 Å². The van der Waals surface area contributed by atoms with Crippen LogP contribution >= 0.6 is 0 Å². The number of hydrogen-bond donors (Lipinski definition) is 2. The second-order valence-corrected chi connectivity index (χ2v) is 9.01. The van der Waals surface area contributed by atoms with Gasteiger partial charge in [-0.3, -0.25) is 4.98 Å². The molecule has 2 heterocycles. The lowest BCUT2D eigenvalue weighted by atomic mass is 9.85. The van der Waals surface area contributed by atoms with Crippen molar-refractivity contribution in [1.29, 1.82) is 0 Å². The Morgan fingerprint density at radius 1 is 1.16 bits per heavy atom. The Labute approximate surface area is 188 Å². The minimum Gasteiger partial charge on any atom is -0.465 e. The summed E-state index contributed by atoms with van der Waals surface area (Å²) in [7, 11) is 2.00. The maximum Gasteiger partial charge on any atom is 0.404 e. The summed E-state index contributed by atoms with van der Waals surface area (Å²) in [4.78, 5) is 19.9. The van der Waals surface area contributed by atoms with Gasteiger partial charge in [0.05, 0.1) is 11.9 Å². The van der Waals surface area contributed by atoms with Crippen molar-refractivity contribution in [2.45, 2.75) is 46.0 Å². The lowest BCUT2D eigenvalue weighted by Gasteiger charge is -2.23. The van der Waals surface area contributed by atoms with Gasteiger partial charge in [-0.05, 0) is 36.0 Å². The first-order valence-corrected chi connectivity index (χ1v) is 10.9. The molecule has 1 aromatic carbocycles. The Balaban J connectivity index is 1.81. The van der Waals surface area contributed by atoms with Crippen LogP contribution in [0.2, 0.25) is 0 Å². The highest BCUT2D eigenvalue weighted by atomic mass is 19.1. The van der Waals surface area contributed by atoms with Crippen LogP contribution in [0, 0.1) is 11.2 Å². The quantitative estimate of drug-likeness (QED) is 0.482. The second-order valence-electron chi connectivity index (χ2n) is 9.01. The van der Waals surface area contributed by atoms with Gasteiger partial charge < -0.3 is 15.0 Å². The molecule has 0 aliphatic heterocycles. The third kappa shape index (κ3) is 5.93. The van der Waals surface area contributed by atoms with Gasteiger partial charge in [-0.1, -0.05) is 51.5 Å². The first-order valence-electron chi connectivity index (χ1n) is 10.9. The summed E-state index contributed by atoms with van der Waals surface area (Å²) in [5, 5.41) is 11.7. The van der Waals surface area contributed by atoms with E-state index >= 15 is 0 Å².